The van der Waals surface area contributed by atoms with E-state index < -0.39 is 22.1 Å². The van der Waals surface area contributed by atoms with Crippen LogP contribution in [0.15, 0.2) is 29.2 Å². The van der Waals surface area contributed by atoms with Crippen molar-refractivity contribution in [1.29, 1.82) is 0 Å². The number of nitrogens with one attached hydrogen (secondary N) is 1. The molecule has 0 bridgehead atoms. The predicted octanol–water partition coefficient (Wildman–Crippen LogP) is 2.72. The Hall–Kier alpha value is -1.97. The zero-order chi connectivity index (χ0) is 23.5. The van der Waals surface area contributed by atoms with E-state index in [4.69, 9.17) is 9.47 Å². The molecule has 1 amide bonds. The Labute approximate surface area is 190 Å². The zero-order valence-electron chi connectivity index (χ0n) is 19.2. The molecule has 1 N–H and O–H groups in total. The molecule has 0 spiro atoms. The highest BCUT2D eigenvalue weighted by atomic mass is 32.2. The zero-order valence-corrected chi connectivity index (χ0v) is 20.1. The van der Waals surface area contributed by atoms with E-state index in [1.54, 1.807) is 6.92 Å². The van der Waals surface area contributed by atoms with Crippen LogP contribution >= 0.6 is 0 Å². The number of carbonyl (C=O) groups excluding carboxylic acids is 2. The van der Waals surface area contributed by atoms with Crippen LogP contribution in [-0.2, 0) is 24.3 Å². The average Bonchev–Trinajstić information content (AvgIpc) is 2.74. The maximum absolute atomic E-state index is 12.9. The van der Waals surface area contributed by atoms with Gasteiger partial charge < -0.3 is 14.8 Å². The van der Waals surface area contributed by atoms with Crippen molar-refractivity contribution in [2.45, 2.75) is 82.6 Å². The van der Waals surface area contributed by atoms with Gasteiger partial charge in [-0.1, -0.05) is 19.8 Å². The van der Waals surface area contributed by atoms with E-state index in [1.165, 1.54) is 35.0 Å². The summed E-state index contributed by atoms with van der Waals surface area (Å²) in [5, 5.41) is 2.99. The number of morpholine rings is 1. The third-order valence-corrected chi connectivity index (χ3v) is 8.05. The number of amides is 1. The van der Waals surface area contributed by atoms with Crippen LogP contribution < -0.4 is 5.32 Å². The first kappa shape index (κ1) is 24.7. The fourth-order valence-electron chi connectivity index (χ4n) is 4.35. The number of benzene rings is 1. The van der Waals surface area contributed by atoms with Crippen molar-refractivity contribution in [2.75, 3.05) is 13.1 Å². The van der Waals surface area contributed by atoms with E-state index in [0.717, 1.165) is 19.3 Å². The van der Waals surface area contributed by atoms with Gasteiger partial charge in [-0.25, -0.2) is 13.2 Å². The van der Waals surface area contributed by atoms with Gasteiger partial charge in [0, 0.05) is 19.1 Å². The summed E-state index contributed by atoms with van der Waals surface area (Å²) in [6, 6.07) is 5.72. The second kappa shape index (κ2) is 10.3. The Balaban J connectivity index is 1.60. The first-order valence-corrected chi connectivity index (χ1v) is 12.8. The summed E-state index contributed by atoms with van der Waals surface area (Å²) in [7, 11) is -3.69. The van der Waals surface area contributed by atoms with Crippen LogP contribution in [0.4, 0.5) is 0 Å². The maximum atomic E-state index is 12.9. The molecule has 32 heavy (non-hydrogen) atoms. The summed E-state index contributed by atoms with van der Waals surface area (Å²) in [5.74, 6) is -0.573. The number of esters is 1. The smallest absolute Gasteiger partial charge is 0.338 e. The summed E-state index contributed by atoms with van der Waals surface area (Å²) in [5.41, 5.74) is 0.193. The van der Waals surface area contributed by atoms with Gasteiger partial charge in [-0.2, -0.15) is 4.31 Å². The lowest BCUT2D eigenvalue weighted by Crippen LogP contribution is -2.48. The normalized spacial score (nSPS) is 28.0. The molecule has 2 fully saturated rings. The highest BCUT2D eigenvalue weighted by Gasteiger charge is 2.32. The molecule has 9 heteroatoms. The molecule has 1 saturated heterocycles. The largest absolute Gasteiger partial charge is 0.449 e. The SMILES string of the molecule is CC1CN(S(=O)(=O)c2ccc(C(=O)OC(C)C(=O)NC3CCCCC3C)cc2)CC(C)O1. The van der Waals surface area contributed by atoms with Crippen molar-refractivity contribution in [2.24, 2.45) is 5.92 Å². The number of nitrogens with zero attached hydrogens (tertiary/aromatic N) is 1. The van der Waals surface area contributed by atoms with Gasteiger partial charge in [-0.3, -0.25) is 4.79 Å². The van der Waals surface area contributed by atoms with Gasteiger partial charge in [0.05, 0.1) is 22.7 Å². The Kier molecular flexibility index (Phi) is 7.95. The van der Waals surface area contributed by atoms with Gasteiger partial charge >= 0.3 is 5.97 Å². The van der Waals surface area contributed by atoms with E-state index >= 15 is 0 Å². The predicted molar refractivity (Wildman–Crippen MR) is 120 cm³/mol. The van der Waals surface area contributed by atoms with Gasteiger partial charge in [-0.15, -0.1) is 0 Å². The molecular formula is C23H34N2O6S. The van der Waals surface area contributed by atoms with Gasteiger partial charge in [0.25, 0.3) is 5.91 Å². The fraction of sp³-hybridized carbons (Fsp3) is 0.652. The second-order valence-corrected chi connectivity index (χ2v) is 11.0. The lowest BCUT2D eigenvalue weighted by Gasteiger charge is -2.34. The molecule has 1 aromatic rings. The van der Waals surface area contributed by atoms with Gasteiger partial charge in [0.2, 0.25) is 10.0 Å². The average molecular weight is 467 g/mol. The molecule has 2 aliphatic rings. The van der Waals surface area contributed by atoms with Crippen LogP contribution in [0, 0.1) is 5.92 Å². The molecule has 3 rings (SSSR count). The molecule has 8 nitrogen and oxygen atoms in total. The van der Waals surface area contributed by atoms with E-state index in [1.807, 2.05) is 13.8 Å². The van der Waals surface area contributed by atoms with E-state index in [9.17, 15) is 18.0 Å². The van der Waals surface area contributed by atoms with Crippen molar-refractivity contribution >= 4 is 21.9 Å². The van der Waals surface area contributed by atoms with Crippen molar-refractivity contribution in [1.82, 2.24) is 9.62 Å². The van der Waals surface area contributed by atoms with Gasteiger partial charge in [-0.05, 0) is 63.8 Å². The first-order valence-electron chi connectivity index (χ1n) is 11.3. The maximum Gasteiger partial charge on any atom is 0.338 e. The second-order valence-electron chi connectivity index (χ2n) is 9.03. The summed E-state index contributed by atoms with van der Waals surface area (Å²) in [6.45, 7) is 7.90. The Morgan fingerprint density at radius 1 is 1.06 bits per heavy atom. The Bertz CT molecular complexity index is 907. The standard InChI is InChI=1S/C23H34N2O6S/c1-15-7-5-6-8-21(15)24-22(26)18(4)31-23(27)19-9-11-20(12-10-19)32(28,29)25-13-16(2)30-17(3)14-25/h9-12,15-18,21H,5-8,13-14H2,1-4H3,(H,24,26). The first-order chi connectivity index (χ1) is 15.1. The summed E-state index contributed by atoms with van der Waals surface area (Å²) < 4.78 is 38.2. The molecule has 0 radical (unpaired) electrons. The molecule has 1 aromatic carbocycles. The monoisotopic (exact) mass is 466 g/mol. The molecule has 5 atom stereocenters. The highest BCUT2D eigenvalue weighted by molar-refractivity contribution is 7.89. The molecule has 1 saturated carbocycles. The fourth-order valence-corrected chi connectivity index (χ4v) is 5.94. The molecule has 178 valence electrons. The molecule has 1 aliphatic carbocycles. The third kappa shape index (κ3) is 5.88. The van der Waals surface area contributed by atoms with E-state index in [0.29, 0.717) is 5.92 Å². The van der Waals surface area contributed by atoms with Crippen LogP contribution in [0.3, 0.4) is 0 Å². The lowest BCUT2D eigenvalue weighted by atomic mass is 9.86. The molecule has 1 aliphatic heterocycles. The van der Waals surface area contributed by atoms with Crippen LogP contribution in [0.2, 0.25) is 0 Å². The number of ether oxygens (including phenoxy) is 2. The van der Waals surface area contributed by atoms with Crippen molar-refractivity contribution in [3.8, 4) is 0 Å². The number of carbonyl (C=O) groups is 2. The lowest BCUT2D eigenvalue weighted by molar-refractivity contribution is -0.130. The van der Waals surface area contributed by atoms with Gasteiger partial charge in [0.1, 0.15) is 0 Å². The summed E-state index contributed by atoms with van der Waals surface area (Å²) >= 11 is 0. The molecule has 5 unspecified atom stereocenters. The number of hydrogen-bond donors (Lipinski definition) is 1. The van der Waals surface area contributed by atoms with Crippen LogP contribution in [0.25, 0.3) is 0 Å². The van der Waals surface area contributed by atoms with Crippen LogP contribution in [0.5, 0.6) is 0 Å². The highest BCUT2D eigenvalue weighted by Crippen LogP contribution is 2.24. The number of rotatable bonds is 6. The minimum atomic E-state index is -3.69. The topological polar surface area (TPSA) is 102 Å². The van der Waals surface area contributed by atoms with Gasteiger partial charge in [0.15, 0.2) is 6.10 Å². The van der Waals surface area contributed by atoms with E-state index in [2.05, 4.69) is 12.2 Å². The van der Waals surface area contributed by atoms with E-state index in [-0.39, 0.29) is 47.7 Å². The Morgan fingerprint density at radius 3 is 2.25 bits per heavy atom. The third-order valence-electron chi connectivity index (χ3n) is 6.21. The quantitative estimate of drug-likeness (QED) is 0.647. The minimum absolute atomic E-state index is 0.104. The van der Waals surface area contributed by atoms with Crippen LogP contribution in [0.1, 0.15) is 63.7 Å². The molecule has 0 aromatic heterocycles. The summed E-state index contributed by atoms with van der Waals surface area (Å²) in [4.78, 5) is 25.0. The van der Waals surface area contributed by atoms with Crippen molar-refractivity contribution < 1.29 is 27.5 Å². The van der Waals surface area contributed by atoms with Crippen molar-refractivity contribution in [3.05, 3.63) is 29.8 Å². The minimum Gasteiger partial charge on any atom is -0.449 e. The summed E-state index contributed by atoms with van der Waals surface area (Å²) in [6.07, 6.45) is 2.96. The molecular weight excluding hydrogens is 432 g/mol. The number of sulfonamides is 1. The number of hydrogen-bond acceptors (Lipinski definition) is 6. The van der Waals surface area contributed by atoms with Crippen LogP contribution in [-0.4, -0.2) is 62.0 Å². The molecule has 1 heterocycles. The Morgan fingerprint density at radius 2 is 1.66 bits per heavy atom. The van der Waals surface area contributed by atoms with Crippen molar-refractivity contribution in [3.63, 3.8) is 0 Å².